The van der Waals surface area contributed by atoms with Gasteiger partial charge in [0, 0.05) is 18.0 Å². The number of hydrazine groups is 1. The number of carbonyl (C=O) groups is 1. The molecule has 0 bridgehead atoms. The molecule has 8 nitrogen and oxygen atoms in total. The number of anilines is 1. The Kier molecular flexibility index (Phi) is 4.21. The lowest BCUT2D eigenvalue weighted by molar-refractivity contribution is 0.0962. The number of nitrogens with one attached hydrogen (secondary N) is 2. The molecule has 27 heavy (non-hydrogen) atoms. The molecule has 0 fully saturated rings. The average Bonchev–Trinajstić information content (AvgIpc) is 3.11. The molecule has 0 aliphatic carbocycles. The molecule has 8 heteroatoms. The number of carbonyl (C=O) groups excluding carboxylic acids is 1. The maximum absolute atomic E-state index is 12.2. The number of nitrogens with zero attached hydrogens (tertiary/aromatic N) is 5. The van der Waals surface area contributed by atoms with E-state index < -0.39 is 0 Å². The van der Waals surface area contributed by atoms with Gasteiger partial charge in [-0.2, -0.15) is 5.10 Å². The normalized spacial score (nSPS) is 10.7. The predicted molar refractivity (Wildman–Crippen MR) is 101 cm³/mol. The monoisotopic (exact) mass is 359 g/mol. The summed E-state index contributed by atoms with van der Waals surface area (Å²) in [7, 11) is 0. The van der Waals surface area contributed by atoms with Crippen LogP contribution < -0.4 is 10.9 Å². The molecule has 134 valence electrons. The summed E-state index contributed by atoms with van der Waals surface area (Å²) >= 11 is 0. The van der Waals surface area contributed by atoms with Crippen molar-refractivity contribution in [2.24, 2.45) is 0 Å². The van der Waals surface area contributed by atoms with E-state index in [-0.39, 0.29) is 5.91 Å². The fraction of sp³-hybridized carbons (Fsp3) is 0.105. The predicted octanol–water partition coefficient (Wildman–Crippen LogP) is 2.58. The maximum atomic E-state index is 12.2. The summed E-state index contributed by atoms with van der Waals surface area (Å²) < 4.78 is 1.77. The number of rotatable bonds is 4. The number of fused-ring (bicyclic) bond motifs is 1. The van der Waals surface area contributed by atoms with Gasteiger partial charge in [-0.3, -0.25) is 20.6 Å². The van der Waals surface area contributed by atoms with Crippen LogP contribution in [0.15, 0.2) is 55.2 Å². The number of aryl methyl sites for hydroxylation is 2. The summed E-state index contributed by atoms with van der Waals surface area (Å²) in [5.41, 5.74) is 9.85. The van der Waals surface area contributed by atoms with Crippen molar-refractivity contribution in [3.05, 3.63) is 71.9 Å². The second-order valence-corrected chi connectivity index (χ2v) is 6.12. The molecule has 0 saturated heterocycles. The van der Waals surface area contributed by atoms with E-state index in [1.54, 1.807) is 35.4 Å². The lowest BCUT2D eigenvalue weighted by Crippen LogP contribution is -2.29. The summed E-state index contributed by atoms with van der Waals surface area (Å²) in [5, 5.41) is 5.16. The van der Waals surface area contributed by atoms with Gasteiger partial charge in [0.05, 0.1) is 17.3 Å². The van der Waals surface area contributed by atoms with Gasteiger partial charge in [0.25, 0.3) is 5.91 Å². The minimum atomic E-state index is -0.286. The van der Waals surface area contributed by atoms with Crippen LogP contribution in [0.3, 0.4) is 0 Å². The molecule has 0 aliphatic heterocycles. The first-order valence-electron chi connectivity index (χ1n) is 8.36. The smallest absolute Gasteiger partial charge is 0.269 e. The van der Waals surface area contributed by atoms with Crippen molar-refractivity contribution in [3.63, 3.8) is 0 Å². The molecular formula is C19H17N7O. The van der Waals surface area contributed by atoms with Crippen molar-refractivity contribution in [1.29, 1.82) is 0 Å². The molecule has 0 atom stereocenters. The molecule has 0 radical (unpaired) electrons. The topological polar surface area (TPSA) is 97.6 Å². The van der Waals surface area contributed by atoms with Crippen LogP contribution in [0.2, 0.25) is 0 Å². The summed E-state index contributed by atoms with van der Waals surface area (Å²) in [6.07, 6.45) is 6.23. The van der Waals surface area contributed by atoms with Crippen LogP contribution in [-0.4, -0.2) is 30.6 Å². The number of hydrogen-bond donors (Lipinski definition) is 2. The molecule has 0 aliphatic rings. The quantitative estimate of drug-likeness (QED) is 0.544. The average molecular weight is 359 g/mol. The van der Waals surface area contributed by atoms with Gasteiger partial charge in [0.1, 0.15) is 6.33 Å². The van der Waals surface area contributed by atoms with E-state index in [4.69, 9.17) is 0 Å². The van der Waals surface area contributed by atoms with Gasteiger partial charge in [-0.25, -0.2) is 14.6 Å². The number of pyridine rings is 1. The van der Waals surface area contributed by atoms with Crippen LogP contribution >= 0.6 is 0 Å². The van der Waals surface area contributed by atoms with Gasteiger partial charge in [-0.15, -0.1) is 0 Å². The number of aromatic nitrogens is 5. The molecule has 1 aromatic carbocycles. The molecule has 3 aromatic heterocycles. The third-order valence-electron chi connectivity index (χ3n) is 4.18. The molecular weight excluding hydrogens is 342 g/mol. The standard InChI is InChI=1S/C19H17N7O/c1-12-3-4-16(13(2)9-12)26-18-15(10-23-26)17(21-11-22-18)24-25-19(27)14-5-7-20-8-6-14/h3-11H,1-2H3,(H,25,27)(H,21,22,24). The minimum Gasteiger partial charge on any atom is -0.281 e. The van der Waals surface area contributed by atoms with E-state index in [0.717, 1.165) is 11.3 Å². The second-order valence-electron chi connectivity index (χ2n) is 6.12. The fourth-order valence-electron chi connectivity index (χ4n) is 2.85. The Bertz CT molecular complexity index is 1120. The Morgan fingerprint density at radius 2 is 1.89 bits per heavy atom. The van der Waals surface area contributed by atoms with E-state index in [0.29, 0.717) is 22.4 Å². The number of hydrogen-bond acceptors (Lipinski definition) is 6. The first-order chi connectivity index (χ1) is 13.1. The Labute approximate surface area is 155 Å². The lowest BCUT2D eigenvalue weighted by Gasteiger charge is -2.09. The highest BCUT2D eigenvalue weighted by Crippen LogP contribution is 2.23. The molecule has 1 amide bonds. The molecule has 0 unspecified atom stereocenters. The zero-order valence-electron chi connectivity index (χ0n) is 14.8. The van der Waals surface area contributed by atoms with Gasteiger partial charge < -0.3 is 0 Å². The molecule has 4 aromatic rings. The Hall–Kier alpha value is -3.81. The van der Waals surface area contributed by atoms with Crippen molar-refractivity contribution < 1.29 is 4.79 Å². The van der Waals surface area contributed by atoms with Gasteiger partial charge in [-0.1, -0.05) is 17.7 Å². The van der Waals surface area contributed by atoms with E-state index in [9.17, 15) is 4.79 Å². The third-order valence-corrected chi connectivity index (χ3v) is 4.18. The van der Waals surface area contributed by atoms with Crippen LogP contribution in [0.1, 0.15) is 21.5 Å². The summed E-state index contributed by atoms with van der Waals surface area (Å²) in [6.45, 7) is 4.08. The highest BCUT2D eigenvalue weighted by atomic mass is 16.2. The summed E-state index contributed by atoms with van der Waals surface area (Å²) in [6, 6.07) is 9.40. The van der Waals surface area contributed by atoms with Crippen molar-refractivity contribution in [1.82, 2.24) is 30.2 Å². The zero-order valence-corrected chi connectivity index (χ0v) is 14.8. The van der Waals surface area contributed by atoms with E-state index in [2.05, 4.69) is 37.0 Å². The van der Waals surface area contributed by atoms with Crippen LogP contribution in [0.25, 0.3) is 16.7 Å². The molecule has 4 rings (SSSR count). The third kappa shape index (κ3) is 3.20. The lowest BCUT2D eigenvalue weighted by atomic mass is 10.1. The first kappa shape index (κ1) is 16.6. The first-order valence-corrected chi connectivity index (χ1v) is 8.36. The van der Waals surface area contributed by atoms with Gasteiger partial charge in [0.2, 0.25) is 0 Å². The highest BCUT2D eigenvalue weighted by Gasteiger charge is 2.13. The van der Waals surface area contributed by atoms with Gasteiger partial charge in [0.15, 0.2) is 11.5 Å². The van der Waals surface area contributed by atoms with Crippen molar-refractivity contribution >= 4 is 22.8 Å². The second kappa shape index (κ2) is 6.83. The van der Waals surface area contributed by atoms with Crippen LogP contribution in [-0.2, 0) is 0 Å². The van der Waals surface area contributed by atoms with E-state index in [1.807, 2.05) is 26.0 Å². The Morgan fingerprint density at radius 3 is 2.67 bits per heavy atom. The number of benzene rings is 1. The fourth-order valence-corrected chi connectivity index (χ4v) is 2.85. The highest BCUT2D eigenvalue weighted by molar-refractivity contribution is 5.95. The number of amides is 1. The maximum Gasteiger partial charge on any atom is 0.269 e. The van der Waals surface area contributed by atoms with E-state index >= 15 is 0 Å². The molecule has 3 heterocycles. The summed E-state index contributed by atoms with van der Waals surface area (Å²) in [5.74, 6) is 0.185. The minimum absolute atomic E-state index is 0.286. The SMILES string of the molecule is Cc1ccc(-n2ncc3c(NNC(=O)c4ccncc4)ncnc32)c(C)c1. The summed E-state index contributed by atoms with van der Waals surface area (Å²) in [4.78, 5) is 24.7. The van der Waals surface area contributed by atoms with E-state index in [1.165, 1.54) is 11.9 Å². The van der Waals surface area contributed by atoms with Crippen molar-refractivity contribution in [2.45, 2.75) is 13.8 Å². The van der Waals surface area contributed by atoms with Crippen molar-refractivity contribution in [2.75, 3.05) is 5.43 Å². The van der Waals surface area contributed by atoms with Crippen LogP contribution in [0.4, 0.5) is 5.82 Å². The largest absolute Gasteiger partial charge is 0.281 e. The molecule has 0 saturated carbocycles. The van der Waals surface area contributed by atoms with Crippen LogP contribution in [0.5, 0.6) is 0 Å². The zero-order chi connectivity index (χ0) is 18.8. The van der Waals surface area contributed by atoms with Crippen molar-refractivity contribution in [3.8, 4) is 5.69 Å². The van der Waals surface area contributed by atoms with Gasteiger partial charge in [-0.05, 0) is 37.6 Å². The Balaban J connectivity index is 1.64. The van der Waals surface area contributed by atoms with Gasteiger partial charge >= 0.3 is 0 Å². The molecule has 0 spiro atoms. The Morgan fingerprint density at radius 1 is 1.07 bits per heavy atom. The molecule has 2 N–H and O–H groups in total. The van der Waals surface area contributed by atoms with Crippen LogP contribution in [0, 0.1) is 13.8 Å².